The Hall–Kier alpha value is -1.53. The van der Waals surface area contributed by atoms with E-state index in [4.69, 9.17) is 0 Å². The molecule has 28 heavy (non-hydrogen) atoms. The molecule has 1 aliphatic carbocycles. The van der Waals surface area contributed by atoms with E-state index in [0.29, 0.717) is 11.3 Å². The van der Waals surface area contributed by atoms with Crippen molar-refractivity contribution in [2.75, 3.05) is 37.6 Å². The Morgan fingerprint density at radius 2 is 1.71 bits per heavy atom. The van der Waals surface area contributed by atoms with Gasteiger partial charge in [0.05, 0.1) is 11.6 Å². The largest absolute Gasteiger partial charge is 0.369 e. The number of nitrogens with zero attached hydrogens (tertiary/aromatic N) is 3. The zero-order valence-electron chi connectivity index (χ0n) is 18.5. The lowest BCUT2D eigenvalue weighted by atomic mass is 9.68. The number of rotatable bonds is 5. The lowest BCUT2D eigenvalue weighted by Crippen LogP contribution is -2.47. The topological polar surface area (TPSA) is 30.3 Å². The highest BCUT2D eigenvalue weighted by atomic mass is 15.3. The standard InChI is InChI=1S/C25H39N3/c1-5-6-13-27-14-16-28(17-15-27)24-12-7-20(19-26)18-23(24)21-8-10-22(11-9-21)25(2,3)4/h7,12,18,21-22H,5-6,8-11,13-17H2,1-4H3. The van der Waals surface area contributed by atoms with Gasteiger partial charge >= 0.3 is 0 Å². The van der Waals surface area contributed by atoms with E-state index in [9.17, 15) is 5.26 Å². The number of nitriles is 1. The molecule has 1 aliphatic heterocycles. The molecular weight excluding hydrogens is 342 g/mol. The molecule has 1 saturated heterocycles. The van der Waals surface area contributed by atoms with Gasteiger partial charge in [0, 0.05) is 31.9 Å². The summed E-state index contributed by atoms with van der Waals surface area (Å²) in [6.45, 7) is 15.2. The molecule has 0 N–H and O–H groups in total. The first kappa shape index (κ1) is 21.2. The van der Waals surface area contributed by atoms with Crippen molar-refractivity contribution in [1.29, 1.82) is 5.26 Å². The molecule has 3 nitrogen and oxygen atoms in total. The van der Waals surface area contributed by atoms with Crippen molar-refractivity contribution in [3.8, 4) is 6.07 Å². The normalized spacial score (nSPS) is 24.2. The van der Waals surface area contributed by atoms with Crippen molar-refractivity contribution >= 4 is 5.69 Å². The van der Waals surface area contributed by atoms with Gasteiger partial charge in [0.25, 0.3) is 0 Å². The Balaban J connectivity index is 1.72. The number of hydrogen-bond donors (Lipinski definition) is 0. The van der Waals surface area contributed by atoms with E-state index >= 15 is 0 Å². The van der Waals surface area contributed by atoms with Gasteiger partial charge in [-0.1, -0.05) is 34.1 Å². The maximum atomic E-state index is 9.46. The van der Waals surface area contributed by atoms with Crippen molar-refractivity contribution in [3.05, 3.63) is 29.3 Å². The molecule has 0 atom stereocenters. The fraction of sp³-hybridized carbons (Fsp3) is 0.720. The van der Waals surface area contributed by atoms with E-state index in [1.807, 2.05) is 6.07 Å². The monoisotopic (exact) mass is 381 g/mol. The Kier molecular flexibility index (Phi) is 7.05. The first-order valence-electron chi connectivity index (χ1n) is 11.4. The highest BCUT2D eigenvalue weighted by Gasteiger charge is 2.32. The van der Waals surface area contributed by atoms with Crippen molar-refractivity contribution < 1.29 is 0 Å². The van der Waals surface area contributed by atoms with Crippen molar-refractivity contribution in [2.45, 2.75) is 72.1 Å². The molecule has 3 rings (SSSR count). The lowest BCUT2D eigenvalue weighted by molar-refractivity contribution is 0.169. The van der Waals surface area contributed by atoms with E-state index in [0.717, 1.165) is 37.7 Å². The van der Waals surface area contributed by atoms with Crippen LogP contribution in [0.3, 0.4) is 0 Å². The molecule has 1 heterocycles. The van der Waals surface area contributed by atoms with Crippen LogP contribution in [0.2, 0.25) is 0 Å². The van der Waals surface area contributed by atoms with Gasteiger partial charge in [-0.05, 0) is 79.7 Å². The van der Waals surface area contributed by atoms with Gasteiger partial charge in [0.15, 0.2) is 0 Å². The molecule has 2 fully saturated rings. The zero-order chi connectivity index (χ0) is 20.1. The third kappa shape index (κ3) is 5.09. The highest BCUT2D eigenvalue weighted by Crippen LogP contribution is 2.45. The van der Waals surface area contributed by atoms with Crippen molar-refractivity contribution in [3.63, 3.8) is 0 Å². The molecule has 1 aromatic rings. The second-order valence-corrected chi connectivity index (χ2v) is 9.98. The molecule has 0 radical (unpaired) electrons. The summed E-state index contributed by atoms with van der Waals surface area (Å²) in [7, 11) is 0. The maximum Gasteiger partial charge on any atom is 0.0991 e. The number of benzene rings is 1. The van der Waals surface area contributed by atoms with Crippen LogP contribution < -0.4 is 4.90 Å². The van der Waals surface area contributed by atoms with Crippen LogP contribution in [0.25, 0.3) is 0 Å². The van der Waals surface area contributed by atoms with Gasteiger partial charge in [-0.2, -0.15) is 5.26 Å². The number of anilines is 1. The Bertz CT molecular complexity index is 666. The zero-order valence-corrected chi connectivity index (χ0v) is 18.5. The summed E-state index contributed by atoms with van der Waals surface area (Å²) in [6, 6.07) is 8.81. The minimum absolute atomic E-state index is 0.414. The Morgan fingerprint density at radius 3 is 2.29 bits per heavy atom. The summed E-state index contributed by atoms with van der Waals surface area (Å²) < 4.78 is 0. The average Bonchev–Trinajstić information content (AvgIpc) is 2.71. The van der Waals surface area contributed by atoms with E-state index in [-0.39, 0.29) is 0 Å². The van der Waals surface area contributed by atoms with Crippen LogP contribution >= 0.6 is 0 Å². The first-order chi connectivity index (χ1) is 13.4. The minimum atomic E-state index is 0.414. The fourth-order valence-electron chi connectivity index (χ4n) is 5.10. The van der Waals surface area contributed by atoms with Crippen LogP contribution in [0.15, 0.2) is 18.2 Å². The summed E-state index contributed by atoms with van der Waals surface area (Å²) in [5.74, 6) is 1.44. The molecular formula is C25H39N3. The molecule has 0 spiro atoms. The predicted molar refractivity (Wildman–Crippen MR) is 119 cm³/mol. The van der Waals surface area contributed by atoms with E-state index in [1.165, 1.54) is 56.3 Å². The third-order valence-corrected chi connectivity index (χ3v) is 7.09. The lowest BCUT2D eigenvalue weighted by Gasteiger charge is -2.40. The number of hydrogen-bond acceptors (Lipinski definition) is 3. The molecule has 2 aliphatic rings. The molecule has 1 saturated carbocycles. The molecule has 1 aromatic carbocycles. The summed E-state index contributed by atoms with van der Waals surface area (Å²) in [4.78, 5) is 5.19. The summed E-state index contributed by atoms with van der Waals surface area (Å²) in [5, 5.41) is 9.46. The molecule has 0 amide bonds. The Labute approximate surface area is 172 Å². The van der Waals surface area contributed by atoms with Crippen molar-refractivity contribution in [2.24, 2.45) is 11.3 Å². The van der Waals surface area contributed by atoms with E-state index in [2.05, 4.69) is 55.7 Å². The minimum Gasteiger partial charge on any atom is -0.369 e. The summed E-state index contributed by atoms with van der Waals surface area (Å²) in [6.07, 6.45) is 7.74. The van der Waals surface area contributed by atoms with Crippen LogP contribution in [-0.4, -0.2) is 37.6 Å². The molecule has 0 unspecified atom stereocenters. The van der Waals surface area contributed by atoms with Crippen LogP contribution in [0.4, 0.5) is 5.69 Å². The second kappa shape index (κ2) is 9.31. The fourth-order valence-corrected chi connectivity index (χ4v) is 5.10. The van der Waals surface area contributed by atoms with Gasteiger partial charge in [0.2, 0.25) is 0 Å². The van der Waals surface area contributed by atoms with Crippen LogP contribution in [0, 0.1) is 22.7 Å². The summed E-state index contributed by atoms with van der Waals surface area (Å²) >= 11 is 0. The third-order valence-electron chi connectivity index (χ3n) is 7.09. The average molecular weight is 382 g/mol. The van der Waals surface area contributed by atoms with Gasteiger partial charge in [-0.3, -0.25) is 4.90 Å². The highest BCUT2D eigenvalue weighted by molar-refractivity contribution is 5.58. The molecule has 3 heteroatoms. The maximum absolute atomic E-state index is 9.46. The Morgan fingerprint density at radius 1 is 1.04 bits per heavy atom. The molecule has 0 bridgehead atoms. The number of piperazine rings is 1. The predicted octanol–water partition coefficient (Wildman–Crippen LogP) is 5.80. The van der Waals surface area contributed by atoms with Crippen LogP contribution in [0.5, 0.6) is 0 Å². The quantitative estimate of drug-likeness (QED) is 0.645. The summed E-state index contributed by atoms with van der Waals surface area (Å²) in [5.41, 5.74) is 4.07. The van der Waals surface area contributed by atoms with E-state index in [1.54, 1.807) is 0 Å². The van der Waals surface area contributed by atoms with Crippen molar-refractivity contribution in [1.82, 2.24) is 4.90 Å². The van der Waals surface area contributed by atoms with Gasteiger partial charge in [-0.15, -0.1) is 0 Å². The first-order valence-corrected chi connectivity index (χ1v) is 11.4. The second-order valence-electron chi connectivity index (χ2n) is 9.98. The van der Waals surface area contributed by atoms with Crippen LogP contribution in [0.1, 0.15) is 83.3 Å². The van der Waals surface area contributed by atoms with Gasteiger partial charge < -0.3 is 4.90 Å². The smallest absolute Gasteiger partial charge is 0.0991 e. The van der Waals surface area contributed by atoms with E-state index < -0.39 is 0 Å². The van der Waals surface area contributed by atoms with Gasteiger partial charge in [0.1, 0.15) is 0 Å². The van der Waals surface area contributed by atoms with Crippen LogP contribution in [-0.2, 0) is 0 Å². The van der Waals surface area contributed by atoms with Gasteiger partial charge in [-0.25, -0.2) is 0 Å². The number of unbranched alkanes of at least 4 members (excludes halogenated alkanes) is 1. The SMILES string of the molecule is CCCCN1CCN(c2ccc(C#N)cc2C2CCC(C(C)(C)C)CC2)CC1. The molecule has 154 valence electrons. The molecule has 0 aromatic heterocycles.